The van der Waals surface area contributed by atoms with Gasteiger partial charge in [0.1, 0.15) is 4.90 Å². The van der Waals surface area contributed by atoms with Crippen LogP contribution in [0.2, 0.25) is 0 Å². The molecule has 1 N–H and O–H groups in total. The largest absolute Gasteiger partial charge is 0.379 e. The molecule has 2 heterocycles. The first-order valence-corrected chi connectivity index (χ1v) is 9.86. The minimum Gasteiger partial charge on any atom is -0.379 e. The van der Waals surface area contributed by atoms with E-state index in [4.69, 9.17) is 4.74 Å². The number of ether oxygens (including phenoxy) is 1. The van der Waals surface area contributed by atoms with Gasteiger partial charge in [0, 0.05) is 37.9 Å². The van der Waals surface area contributed by atoms with Gasteiger partial charge in [0.25, 0.3) is 0 Å². The van der Waals surface area contributed by atoms with Gasteiger partial charge >= 0.3 is 0 Å². The lowest BCUT2D eigenvalue weighted by atomic mass is 9.97. The van der Waals surface area contributed by atoms with Crippen molar-refractivity contribution in [2.75, 3.05) is 32.8 Å². The molecule has 1 aromatic rings. The molecule has 0 spiro atoms. The van der Waals surface area contributed by atoms with Crippen LogP contribution in [0.1, 0.15) is 19.3 Å². The number of hydrogen-bond acceptors (Lipinski definition) is 5. The third-order valence-corrected chi connectivity index (χ3v) is 5.99. The molecule has 7 nitrogen and oxygen atoms in total. The van der Waals surface area contributed by atoms with Crippen LogP contribution in [-0.2, 0) is 19.6 Å². The highest BCUT2D eigenvalue weighted by molar-refractivity contribution is 7.89. The van der Waals surface area contributed by atoms with Gasteiger partial charge in [0.2, 0.25) is 15.9 Å². The number of hydrogen-bond donors (Lipinski definition) is 1. The number of amides is 1. The van der Waals surface area contributed by atoms with E-state index in [1.165, 1.54) is 22.8 Å². The second kappa shape index (κ2) is 9.65. The van der Waals surface area contributed by atoms with Crippen molar-refractivity contribution in [3.8, 4) is 0 Å². The summed E-state index contributed by atoms with van der Waals surface area (Å²) in [5, 5.41) is 2.85. The van der Waals surface area contributed by atoms with Crippen molar-refractivity contribution in [1.29, 1.82) is 0 Å². The molecule has 1 saturated heterocycles. The lowest BCUT2D eigenvalue weighted by Gasteiger charge is -2.30. The number of nitrogens with zero attached hydrogens (tertiary/aromatic N) is 2. The second-order valence-corrected chi connectivity index (χ2v) is 7.79. The van der Waals surface area contributed by atoms with Crippen LogP contribution in [0.15, 0.2) is 42.1 Å². The highest BCUT2D eigenvalue weighted by Crippen LogP contribution is 2.23. The average Bonchev–Trinajstić information content (AvgIpc) is 2.65. The minimum absolute atomic E-state index is 0.0363. The molecule has 1 amide bonds. The molecule has 1 aliphatic heterocycles. The molecule has 0 bridgehead atoms. The smallest absolute Gasteiger partial charge is 0.244 e. The fraction of sp³-hybridized carbons (Fsp3) is 0.529. The molecule has 0 aliphatic carbocycles. The van der Waals surface area contributed by atoms with Crippen molar-refractivity contribution >= 4 is 15.9 Å². The molecule has 2 rings (SSSR count). The average molecular weight is 367 g/mol. The Balaban J connectivity index is 1.75. The molecule has 0 atom stereocenters. The Morgan fingerprint density at radius 2 is 2.16 bits per heavy atom. The Bertz CT molecular complexity index is 656. The highest BCUT2D eigenvalue weighted by atomic mass is 32.2. The molecule has 0 radical (unpaired) electrons. The summed E-state index contributed by atoms with van der Waals surface area (Å²) in [6.07, 6.45) is 6.49. The number of pyridine rings is 1. The van der Waals surface area contributed by atoms with E-state index in [9.17, 15) is 13.2 Å². The van der Waals surface area contributed by atoms with E-state index < -0.39 is 10.0 Å². The van der Waals surface area contributed by atoms with Gasteiger partial charge in [0.05, 0.1) is 13.2 Å². The van der Waals surface area contributed by atoms with Gasteiger partial charge in [-0.3, -0.25) is 9.78 Å². The normalized spacial score (nSPS) is 16.5. The molecule has 138 valence electrons. The lowest BCUT2D eigenvalue weighted by Crippen LogP contribution is -2.43. The lowest BCUT2D eigenvalue weighted by molar-refractivity contribution is -0.126. The van der Waals surface area contributed by atoms with Crippen molar-refractivity contribution < 1.29 is 17.9 Å². The Morgan fingerprint density at radius 1 is 1.40 bits per heavy atom. The Kier molecular flexibility index (Phi) is 7.54. The van der Waals surface area contributed by atoms with E-state index in [0.717, 1.165) is 6.42 Å². The molecule has 1 aromatic heterocycles. The van der Waals surface area contributed by atoms with E-state index >= 15 is 0 Å². The molecule has 1 aliphatic rings. The fourth-order valence-electron chi connectivity index (χ4n) is 2.67. The first-order valence-electron chi connectivity index (χ1n) is 8.42. The van der Waals surface area contributed by atoms with Crippen molar-refractivity contribution in [2.45, 2.75) is 24.2 Å². The predicted molar refractivity (Wildman–Crippen MR) is 94.4 cm³/mol. The van der Waals surface area contributed by atoms with Crippen LogP contribution in [0.25, 0.3) is 0 Å². The summed E-state index contributed by atoms with van der Waals surface area (Å²) in [5.41, 5.74) is 0. The maximum Gasteiger partial charge on any atom is 0.244 e. The number of nitrogens with one attached hydrogen (secondary N) is 1. The summed E-state index contributed by atoms with van der Waals surface area (Å²) < 4.78 is 31.8. The van der Waals surface area contributed by atoms with Gasteiger partial charge in [-0.1, -0.05) is 6.08 Å². The summed E-state index contributed by atoms with van der Waals surface area (Å²) in [5.74, 6) is -0.195. The van der Waals surface area contributed by atoms with Crippen molar-refractivity contribution in [3.05, 3.63) is 37.2 Å². The number of carbonyl (C=O) groups is 1. The van der Waals surface area contributed by atoms with Crippen LogP contribution in [0.3, 0.4) is 0 Å². The summed E-state index contributed by atoms with van der Waals surface area (Å²) >= 11 is 0. The first kappa shape index (κ1) is 19.6. The second-order valence-electron chi connectivity index (χ2n) is 5.85. The van der Waals surface area contributed by atoms with Gasteiger partial charge in [-0.25, -0.2) is 8.42 Å². The van der Waals surface area contributed by atoms with Gasteiger partial charge < -0.3 is 10.1 Å². The van der Waals surface area contributed by atoms with Crippen molar-refractivity contribution in [2.24, 2.45) is 5.92 Å². The van der Waals surface area contributed by atoms with Crippen LogP contribution in [0, 0.1) is 5.92 Å². The predicted octanol–water partition coefficient (Wildman–Crippen LogP) is 1.19. The minimum atomic E-state index is -3.53. The van der Waals surface area contributed by atoms with E-state index in [0.29, 0.717) is 45.7 Å². The SMILES string of the molecule is C=CCCOCCNC(=O)C1CCN(S(=O)(=O)c2cccnc2)CC1. The van der Waals surface area contributed by atoms with Crippen LogP contribution >= 0.6 is 0 Å². The zero-order chi connectivity index (χ0) is 18.1. The zero-order valence-corrected chi connectivity index (χ0v) is 15.1. The maximum atomic E-state index is 12.5. The summed E-state index contributed by atoms with van der Waals surface area (Å²) in [6, 6.07) is 3.14. The van der Waals surface area contributed by atoms with Crippen molar-refractivity contribution in [1.82, 2.24) is 14.6 Å². The third-order valence-electron chi connectivity index (χ3n) is 4.11. The molecule has 0 unspecified atom stereocenters. The molecule has 25 heavy (non-hydrogen) atoms. The Hall–Kier alpha value is -1.77. The molecular weight excluding hydrogens is 342 g/mol. The molecule has 0 saturated carbocycles. The summed E-state index contributed by atoms with van der Waals surface area (Å²) in [7, 11) is -3.53. The topological polar surface area (TPSA) is 88.6 Å². The summed E-state index contributed by atoms with van der Waals surface area (Å²) in [4.78, 5) is 16.2. The Morgan fingerprint density at radius 3 is 2.80 bits per heavy atom. The van der Waals surface area contributed by atoms with Crippen LogP contribution in [-0.4, -0.2) is 56.5 Å². The summed E-state index contributed by atoms with van der Waals surface area (Å²) in [6.45, 7) is 5.82. The van der Waals surface area contributed by atoms with Gasteiger partial charge in [-0.05, 0) is 31.4 Å². The molecule has 8 heteroatoms. The zero-order valence-electron chi connectivity index (χ0n) is 14.3. The fourth-order valence-corrected chi connectivity index (χ4v) is 4.10. The molecule has 1 fully saturated rings. The number of carbonyl (C=O) groups excluding carboxylic acids is 1. The number of rotatable bonds is 9. The van der Waals surface area contributed by atoms with Gasteiger partial charge in [0.15, 0.2) is 0 Å². The van der Waals surface area contributed by atoms with Crippen molar-refractivity contribution in [3.63, 3.8) is 0 Å². The quantitative estimate of drug-likeness (QED) is 0.523. The first-order chi connectivity index (χ1) is 12.1. The number of aromatic nitrogens is 1. The van der Waals surface area contributed by atoms with E-state index in [2.05, 4.69) is 16.9 Å². The van der Waals surface area contributed by atoms with Gasteiger partial charge in [-0.15, -0.1) is 6.58 Å². The van der Waals surface area contributed by atoms with E-state index in [1.807, 2.05) is 0 Å². The third kappa shape index (κ3) is 5.62. The van der Waals surface area contributed by atoms with Crippen LogP contribution in [0.5, 0.6) is 0 Å². The van der Waals surface area contributed by atoms with E-state index in [1.54, 1.807) is 12.1 Å². The highest BCUT2D eigenvalue weighted by Gasteiger charge is 2.31. The van der Waals surface area contributed by atoms with Crippen LogP contribution in [0.4, 0.5) is 0 Å². The Labute approximate surface area is 149 Å². The van der Waals surface area contributed by atoms with E-state index in [-0.39, 0.29) is 16.7 Å². The van der Waals surface area contributed by atoms with Gasteiger partial charge in [-0.2, -0.15) is 4.31 Å². The standard InChI is InChI=1S/C17H25N3O4S/c1-2-3-12-24-13-9-19-17(21)15-6-10-20(11-7-15)25(22,23)16-5-4-8-18-14-16/h2,4-5,8,14-15H,1,3,6-7,9-13H2,(H,19,21). The van der Waals surface area contributed by atoms with Crippen LogP contribution < -0.4 is 5.32 Å². The molecular formula is C17H25N3O4S. The number of sulfonamides is 1. The number of piperidine rings is 1. The maximum absolute atomic E-state index is 12.5. The monoisotopic (exact) mass is 367 g/mol. The molecule has 0 aromatic carbocycles.